The number of aliphatic hydroxyl groups excluding tert-OH is 2. The number of hydrogen-bond donors (Lipinski definition) is 2. The van der Waals surface area contributed by atoms with Gasteiger partial charge >= 0.3 is 0 Å². The van der Waals surface area contributed by atoms with Crippen molar-refractivity contribution in [2.75, 3.05) is 42.2 Å². The van der Waals surface area contributed by atoms with E-state index in [0.717, 1.165) is 0 Å². The second-order valence-electron chi connectivity index (χ2n) is 6.56. The Morgan fingerprint density at radius 3 is 1.70 bits per heavy atom. The average molecular weight is 396 g/mol. The van der Waals surface area contributed by atoms with Crippen LogP contribution in [0, 0.1) is 0 Å². The lowest BCUT2D eigenvalue weighted by molar-refractivity contribution is -0.359. The van der Waals surface area contributed by atoms with Gasteiger partial charge in [-0.15, -0.1) is 0 Å². The minimum atomic E-state index is -1.26. The summed E-state index contributed by atoms with van der Waals surface area (Å²) in [5.41, 5.74) is 0. The SMILES string of the molecule is CO[C@@H]1[C@H](OC)[C@@H](O[C@H]2[C@H](OC)[C@@H](OC)[C@@H](O)O[C@@H]2CO)O[C@H](C)[C@@H]1OC. The third kappa shape index (κ3) is 4.61. The Labute approximate surface area is 159 Å². The molecule has 0 aromatic carbocycles. The minimum Gasteiger partial charge on any atom is -0.394 e. The van der Waals surface area contributed by atoms with Gasteiger partial charge in [-0.3, -0.25) is 0 Å². The molecule has 2 rings (SSSR count). The first-order valence-corrected chi connectivity index (χ1v) is 8.86. The van der Waals surface area contributed by atoms with Gasteiger partial charge in [-0.05, 0) is 6.92 Å². The van der Waals surface area contributed by atoms with Crippen LogP contribution in [0.4, 0.5) is 0 Å². The molecule has 0 spiro atoms. The molecule has 27 heavy (non-hydrogen) atoms. The summed E-state index contributed by atoms with van der Waals surface area (Å²) in [5.74, 6) is 0. The zero-order chi connectivity index (χ0) is 20.1. The third-order valence-corrected chi connectivity index (χ3v) is 5.17. The third-order valence-electron chi connectivity index (χ3n) is 5.17. The first kappa shape index (κ1) is 22.9. The Kier molecular flexibility index (Phi) is 8.81. The van der Waals surface area contributed by atoms with E-state index in [9.17, 15) is 10.2 Å². The van der Waals surface area contributed by atoms with Gasteiger partial charge in [-0.1, -0.05) is 0 Å². The molecule has 10 heteroatoms. The number of ether oxygens (including phenoxy) is 8. The van der Waals surface area contributed by atoms with E-state index in [1.54, 1.807) is 14.2 Å². The largest absolute Gasteiger partial charge is 0.394 e. The van der Waals surface area contributed by atoms with Crippen molar-refractivity contribution in [2.24, 2.45) is 0 Å². The van der Waals surface area contributed by atoms with E-state index in [0.29, 0.717) is 0 Å². The minimum absolute atomic E-state index is 0.335. The van der Waals surface area contributed by atoms with E-state index in [1.165, 1.54) is 21.3 Å². The van der Waals surface area contributed by atoms with E-state index >= 15 is 0 Å². The molecular formula is C17H32O10. The van der Waals surface area contributed by atoms with Crippen molar-refractivity contribution in [1.29, 1.82) is 0 Å². The fourth-order valence-corrected chi connectivity index (χ4v) is 3.80. The lowest BCUT2D eigenvalue weighted by Gasteiger charge is -2.48. The fraction of sp³-hybridized carbons (Fsp3) is 1.00. The summed E-state index contributed by atoms with van der Waals surface area (Å²) in [5, 5.41) is 19.8. The van der Waals surface area contributed by atoms with Gasteiger partial charge in [0.1, 0.15) is 42.7 Å². The van der Waals surface area contributed by atoms with Gasteiger partial charge in [0.2, 0.25) is 0 Å². The van der Waals surface area contributed by atoms with Crippen LogP contribution in [0.15, 0.2) is 0 Å². The van der Waals surface area contributed by atoms with Gasteiger partial charge in [0.05, 0.1) is 12.7 Å². The molecule has 2 heterocycles. The van der Waals surface area contributed by atoms with E-state index in [-0.39, 0.29) is 18.8 Å². The van der Waals surface area contributed by atoms with E-state index in [1.807, 2.05) is 6.92 Å². The second-order valence-corrected chi connectivity index (χ2v) is 6.56. The van der Waals surface area contributed by atoms with Gasteiger partial charge in [-0.2, -0.15) is 0 Å². The standard InChI is InChI=1S/C17H32O10/c1-8-10(20-2)12(21-3)15(24-6)17(25-8)27-11-9(7-18)26-16(19)14(23-5)13(11)22-4/h8-19H,7H2,1-6H3/t8-,9-,10+,11-,12+,13+,14-,15+,16+,17-/m1/s1. The summed E-state index contributed by atoms with van der Waals surface area (Å²) in [7, 11) is 7.56. The lowest BCUT2D eigenvalue weighted by Crippen LogP contribution is -2.65. The quantitative estimate of drug-likeness (QED) is 0.524. The zero-order valence-electron chi connectivity index (χ0n) is 16.6. The first-order valence-electron chi connectivity index (χ1n) is 8.86. The van der Waals surface area contributed by atoms with E-state index in [2.05, 4.69) is 0 Å². The van der Waals surface area contributed by atoms with Crippen molar-refractivity contribution in [3.05, 3.63) is 0 Å². The molecule has 2 fully saturated rings. The number of methoxy groups -OCH3 is 5. The van der Waals surface area contributed by atoms with Crippen molar-refractivity contribution >= 4 is 0 Å². The zero-order valence-corrected chi connectivity index (χ0v) is 16.6. The van der Waals surface area contributed by atoms with Crippen LogP contribution < -0.4 is 0 Å². The predicted molar refractivity (Wildman–Crippen MR) is 91.2 cm³/mol. The molecule has 0 radical (unpaired) electrons. The fourth-order valence-electron chi connectivity index (χ4n) is 3.80. The Morgan fingerprint density at radius 1 is 0.704 bits per heavy atom. The van der Waals surface area contributed by atoms with E-state index < -0.39 is 49.2 Å². The molecule has 2 N–H and O–H groups in total. The molecule has 160 valence electrons. The van der Waals surface area contributed by atoms with Crippen LogP contribution in [0.3, 0.4) is 0 Å². The molecule has 0 unspecified atom stereocenters. The Morgan fingerprint density at radius 2 is 1.22 bits per heavy atom. The summed E-state index contributed by atoms with van der Waals surface area (Å²) >= 11 is 0. The first-order chi connectivity index (χ1) is 13.0. The van der Waals surface area contributed by atoms with Crippen LogP contribution in [0.5, 0.6) is 0 Å². The Balaban J connectivity index is 2.24. The maximum absolute atomic E-state index is 10.1. The van der Waals surface area contributed by atoms with Gasteiger partial charge in [0.15, 0.2) is 12.6 Å². The van der Waals surface area contributed by atoms with Crippen LogP contribution in [0.25, 0.3) is 0 Å². The van der Waals surface area contributed by atoms with Gasteiger partial charge in [0, 0.05) is 35.5 Å². The molecule has 2 aliphatic heterocycles. The molecule has 0 bridgehead atoms. The molecule has 10 atom stereocenters. The Hall–Kier alpha value is -0.400. The van der Waals surface area contributed by atoms with Crippen molar-refractivity contribution < 1.29 is 48.1 Å². The molecule has 2 aliphatic rings. The summed E-state index contributed by atoms with van der Waals surface area (Å²) in [6.45, 7) is 1.46. The van der Waals surface area contributed by atoms with E-state index in [4.69, 9.17) is 37.9 Å². The molecule has 0 aliphatic carbocycles. The Bertz CT molecular complexity index is 438. The van der Waals surface area contributed by atoms with Crippen molar-refractivity contribution in [2.45, 2.75) is 68.3 Å². The van der Waals surface area contributed by atoms with Crippen molar-refractivity contribution in [1.82, 2.24) is 0 Å². The van der Waals surface area contributed by atoms with Crippen molar-refractivity contribution in [3.8, 4) is 0 Å². The molecule has 2 saturated heterocycles. The van der Waals surface area contributed by atoms with Gasteiger partial charge < -0.3 is 48.1 Å². The van der Waals surface area contributed by atoms with Crippen molar-refractivity contribution in [3.63, 3.8) is 0 Å². The summed E-state index contributed by atoms with van der Waals surface area (Å²) in [6.07, 6.45) is -6.92. The number of aliphatic hydroxyl groups is 2. The van der Waals surface area contributed by atoms with Gasteiger partial charge in [0.25, 0.3) is 0 Å². The number of hydrogen-bond acceptors (Lipinski definition) is 10. The molecule has 0 saturated carbocycles. The van der Waals surface area contributed by atoms with Crippen LogP contribution >= 0.6 is 0 Å². The average Bonchev–Trinajstić information content (AvgIpc) is 2.67. The predicted octanol–water partition coefficient (Wildman–Crippen LogP) is -1.10. The monoisotopic (exact) mass is 396 g/mol. The maximum Gasteiger partial charge on any atom is 0.187 e. The van der Waals surface area contributed by atoms with Crippen LogP contribution in [-0.2, 0) is 37.9 Å². The van der Waals surface area contributed by atoms with Gasteiger partial charge in [-0.25, -0.2) is 0 Å². The lowest BCUT2D eigenvalue weighted by atomic mass is 9.96. The van der Waals surface area contributed by atoms with Crippen LogP contribution in [0.2, 0.25) is 0 Å². The number of rotatable bonds is 8. The molecular weight excluding hydrogens is 364 g/mol. The summed E-state index contributed by atoms with van der Waals surface area (Å²) in [6, 6.07) is 0. The highest BCUT2D eigenvalue weighted by Crippen LogP contribution is 2.32. The molecule has 10 nitrogen and oxygen atoms in total. The highest BCUT2D eigenvalue weighted by molar-refractivity contribution is 4.95. The molecule has 0 amide bonds. The van der Waals surface area contributed by atoms with Crippen LogP contribution in [-0.4, -0.2) is 114 Å². The molecule has 0 aromatic heterocycles. The topological polar surface area (TPSA) is 114 Å². The summed E-state index contributed by atoms with van der Waals surface area (Å²) < 4.78 is 44.9. The van der Waals surface area contributed by atoms with Crippen LogP contribution in [0.1, 0.15) is 6.92 Å². The summed E-state index contributed by atoms with van der Waals surface area (Å²) in [4.78, 5) is 0. The second kappa shape index (κ2) is 10.4. The maximum atomic E-state index is 10.1. The normalized spacial score (nSPS) is 45.8. The highest BCUT2D eigenvalue weighted by atomic mass is 16.7. The smallest absolute Gasteiger partial charge is 0.187 e. The highest BCUT2D eigenvalue weighted by Gasteiger charge is 2.52. The molecule has 0 aromatic rings.